The Labute approximate surface area is 243 Å². The molecule has 0 saturated carbocycles. The number of imide groups is 1. The molecule has 0 bridgehead atoms. The van der Waals surface area contributed by atoms with Crippen LogP contribution in [0.15, 0.2) is 45.8 Å². The standard InChI is InChI=1S/C27H28BrN3O8S/c1-3-38-21-13-17(12-20(28)25(21)39-16-24(33)36-2)14-22-26(34)31(27(35)40-22)15-23(32)29-18-4-6-19(7-5-18)30-8-10-37-11-9-30/h4-7,12-14H,3,8-11,15-16H2,1-2H3,(H,29,32)/b22-14-. The fourth-order valence-electron chi connectivity index (χ4n) is 3.97. The molecule has 2 saturated heterocycles. The van der Waals surface area contributed by atoms with Gasteiger partial charge in [-0.2, -0.15) is 0 Å². The molecule has 3 amide bonds. The van der Waals surface area contributed by atoms with Crippen LogP contribution in [0.3, 0.4) is 0 Å². The van der Waals surface area contributed by atoms with Gasteiger partial charge in [0.05, 0.1) is 36.3 Å². The van der Waals surface area contributed by atoms with Gasteiger partial charge in [-0.05, 0) is 82.7 Å². The molecule has 0 radical (unpaired) electrons. The quantitative estimate of drug-likeness (QED) is 0.304. The van der Waals surface area contributed by atoms with E-state index in [2.05, 4.69) is 30.9 Å². The van der Waals surface area contributed by atoms with Crippen molar-refractivity contribution in [1.29, 1.82) is 0 Å². The van der Waals surface area contributed by atoms with Crippen LogP contribution in [0.4, 0.5) is 16.2 Å². The third-order valence-corrected chi connectivity index (χ3v) is 7.39. The number of esters is 1. The summed E-state index contributed by atoms with van der Waals surface area (Å²) in [6, 6.07) is 10.7. The van der Waals surface area contributed by atoms with Gasteiger partial charge in [0.25, 0.3) is 11.1 Å². The third kappa shape index (κ3) is 7.34. The van der Waals surface area contributed by atoms with Crippen molar-refractivity contribution in [2.24, 2.45) is 0 Å². The average Bonchev–Trinajstić information content (AvgIpc) is 3.20. The number of benzene rings is 2. The summed E-state index contributed by atoms with van der Waals surface area (Å²) in [5.74, 6) is -0.984. The number of ether oxygens (including phenoxy) is 4. The molecule has 212 valence electrons. The first kappa shape index (κ1) is 29.4. The van der Waals surface area contributed by atoms with Crippen LogP contribution in [0.2, 0.25) is 0 Å². The summed E-state index contributed by atoms with van der Waals surface area (Å²) in [4.78, 5) is 53.0. The lowest BCUT2D eigenvalue weighted by Crippen LogP contribution is -2.36. The predicted octanol–water partition coefficient (Wildman–Crippen LogP) is 3.91. The first-order chi connectivity index (χ1) is 19.3. The second kappa shape index (κ2) is 13.7. The van der Waals surface area contributed by atoms with Crippen LogP contribution in [0, 0.1) is 0 Å². The number of nitrogens with zero attached hydrogens (tertiary/aromatic N) is 2. The number of carbonyl (C=O) groups is 4. The fourth-order valence-corrected chi connectivity index (χ4v) is 5.39. The van der Waals surface area contributed by atoms with E-state index in [9.17, 15) is 19.2 Å². The van der Waals surface area contributed by atoms with Gasteiger partial charge in [0.15, 0.2) is 18.1 Å². The number of methoxy groups -OCH3 is 1. The number of hydrogen-bond acceptors (Lipinski definition) is 10. The van der Waals surface area contributed by atoms with E-state index in [-0.39, 0.29) is 11.5 Å². The second-order valence-corrected chi connectivity index (χ2v) is 10.4. The zero-order valence-electron chi connectivity index (χ0n) is 21.9. The Morgan fingerprint density at radius 3 is 2.52 bits per heavy atom. The number of carbonyl (C=O) groups excluding carboxylic acids is 4. The summed E-state index contributed by atoms with van der Waals surface area (Å²) in [7, 11) is 1.26. The molecule has 11 nitrogen and oxygen atoms in total. The Hall–Kier alpha value is -3.55. The van der Waals surface area contributed by atoms with Crippen molar-refractivity contribution in [2.45, 2.75) is 6.92 Å². The minimum Gasteiger partial charge on any atom is -0.490 e. The smallest absolute Gasteiger partial charge is 0.343 e. The summed E-state index contributed by atoms with van der Waals surface area (Å²) >= 11 is 4.15. The normalized spacial score (nSPS) is 16.3. The van der Waals surface area contributed by atoms with Crippen LogP contribution in [0.1, 0.15) is 12.5 Å². The number of morpholine rings is 1. The maximum atomic E-state index is 13.0. The lowest BCUT2D eigenvalue weighted by molar-refractivity contribution is -0.143. The minimum absolute atomic E-state index is 0.158. The summed E-state index contributed by atoms with van der Waals surface area (Å²) in [6.45, 7) is 4.34. The zero-order valence-corrected chi connectivity index (χ0v) is 24.3. The zero-order chi connectivity index (χ0) is 28.6. The van der Waals surface area contributed by atoms with Crippen molar-refractivity contribution < 1.29 is 38.1 Å². The summed E-state index contributed by atoms with van der Waals surface area (Å²) < 4.78 is 21.6. The number of thioether (sulfide) groups is 1. The van der Waals surface area contributed by atoms with Crippen molar-refractivity contribution in [1.82, 2.24) is 4.90 Å². The van der Waals surface area contributed by atoms with Crippen LogP contribution in [-0.4, -0.2) is 81.1 Å². The van der Waals surface area contributed by atoms with Gasteiger partial charge in [-0.3, -0.25) is 19.3 Å². The van der Waals surface area contributed by atoms with Crippen molar-refractivity contribution in [3.8, 4) is 11.5 Å². The Morgan fingerprint density at radius 1 is 1.12 bits per heavy atom. The SMILES string of the molecule is CCOc1cc(/C=C2\SC(=O)N(CC(=O)Nc3ccc(N4CCOCC4)cc3)C2=O)cc(Br)c1OCC(=O)OC. The molecular weight excluding hydrogens is 606 g/mol. The topological polar surface area (TPSA) is 124 Å². The third-order valence-electron chi connectivity index (χ3n) is 5.89. The lowest BCUT2D eigenvalue weighted by atomic mass is 10.2. The molecule has 2 fully saturated rings. The van der Waals surface area contributed by atoms with Crippen molar-refractivity contribution >= 4 is 68.2 Å². The number of nitrogens with one attached hydrogen (secondary N) is 1. The highest BCUT2D eigenvalue weighted by atomic mass is 79.9. The number of rotatable bonds is 10. The first-order valence-corrected chi connectivity index (χ1v) is 14.0. The van der Waals surface area contributed by atoms with Gasteiger partial charge >= 0.3 is 5.97 Å². The first-order valence-electron chi connectivity index (χ1n) is 12.4. The van der Waals surface area contributed by atoms with E-state index in [0.29, 0.717) is 47.0 Å². The largest absolute Gasteiger partial charge is 0.490 e. The average molecular weight is 635 g/mol. The molecule has 0 spiro atoms. The van der Waals surface area contributed by atoms with Gasteiger partial charge in [0.1, 0.15) is 6.54 Å². The van der Waals surface area contributed by atoms with Gasteiger partial charge < -0.3 is 29.2 Å². The maximum absolute atomic E-state index is 13.0. The van der Waals surface area contributed by atoms with Crippen molar-refractivity contribution in [2.75, 3.05) is 63.4 Å². The molecular formula is C27H28BrN3O8S. The van der Waals surface area contributed by atoms with E-state index >= 15 is 0 Å². The molecule has 2 aromatic carbocycles. The molecule has 0 atom stereocenters. The summed E-state index contributed by atoms with van der Waals surface area (Å²) in [5, 5.41) is 2.19. The van der Waals surface area contributed by atoms with E-state index in [1.54, 1.807) is 31.2 Å². The Morgan fingerprint density at radius 2 is 1.85 bits per heavy atom. The molecule has 4 rings (SSSR count). The van der Waals surface area contributed by atoms with E-state index in [1.807, 2.05) is 12.1 Å². The molecule has 2 heterocycles. The van der Waals surface area contributed by atoms with E-state index in [1.165, 1.54) is 13.2 Å². The van der Waals surface area contributed by atoms with Crippen molar-refractivity contribution in [3.63, 3.8) is 0 Å². The predicted molar refractivity (Wildman–Crippen MR) is 154 cm³/mol. The van der Waals surface area contributed by atoms with Crippen LogP contribution in [0.5, 0.6) is 11.5 Å². The van der Waals surface area contributed by atoms with E-state index < -0.39 is 29.6 Å². The second-order valence-electron chi connectivity index (χ2n) is 8.59. The molecule has 0 unspecified atom stereocenters. The van der Waals surface area contributed by atoms with Gasteiger partial charge in [-0.15, -0.1) is 0 Å². The molecule has 0 aromatic heterocycles. The van der Waals surface area contributed by atoms with Crippen LogP contribution in [-0.2, 0) is 23.9 Å². The van der Waals surface area contributed by atoms with Crippen LogP contribution < -0.4 is 19.7 Å². The Kier molecular flexibility index (Phi) is 10.1. The number of amides is 3. The molecule has 0 aliphatic carbocycles. The molecule has 2 aromatic rings. The summed E-state index contributed by atoms with van der Waals surface area (Å²) in [6.07, 6.45) is 1.53. The minimum atomic E-state index is -0.576. The Bertz CT molecular complexity index is 1310. The number of anilines is 2. The Balaban J connectivity index is 1.41. The lowest BCUT2D eigenvalue weighted by Gasteiger charge is -2.28. The van der Waals surface area contributed by atoms with Gasteiger partial charge in [-0.1, -0.05) is 0 Å². The van der Waals surface area contributed by atoms with Gasteiger partial charge in [0.2, 0.25) is 5.91 Å². The van der Waals surface area contributed by atoms with Gasteiger partial charge in [-0.25, -0.2) is 4.79 Å². The highest BCUT2D eigenvalue weighted by Gasteiger charge is 2.36. The molecule has 2 aliphatic heterocycles. The molecule has 13 heteroatoms. The highest BCUT2D eigenvalue weighted by molar-refractivity contribution is 9.10. The van der Waals surface area contributed by atoms with E-state index in [4.69, 9.17) is 14.2 Å². The highest BCUT2D eigenvalue weighted by Crippen LogP contribution is 2.39. The number of hydrogen-bond donors (Lipinski definition) is 1. The molecule has 40 heavy (non-hydrogen) atoms. The maximum Gasteiger partial charge on any atom is 0.343 e. The van der Waals surface area contributed by atoms with Gasteiger partial charge in [0, 0.05) is 24.5 Å². The molecule has 1 N–H and O–H groups in total. The van der Waals surface area contributed by atoms with Crippen LogP contribution >= 0.6 is 27.7 Å². The van der Waals surface area contributed by atoms with Crippen molar-refractivity contribution in [3.05, 3.63) is 51.3 Å². The monoisotopic (exact) mass is 633 g/mol. The van der Waals surface area contributed by atoms with E-state index in [0.717, 1.165) is 35.4 Å². The summed E-state index contributed by atoms with van der Waals surface area (Å²) in [5.41, 5.74) is 2.14. The molecule has 2 aliphatic rings. The van der Waals surface area contributed by atoms with Crippen LogP contribution in [0.25, 0.3) is 6.08 Å². The number of halogens is 1. The fraction of sp³-hybridized carbons (Fsp3) is 0.333.